The van der Waals surface area contributed by atoms with Crippen LogP contribution in [0, 0.1) is 5.21 Å². The molecule has 47 heavy (non-hydrogen) atoms. The van der Waals surface area contributed by atoms with Crippen LogP contribution in [0.25, 0.3) is 33.4 Å². The minimum absolute atomic E-state index is 0.158. The maximum Gasteiger partial charge on any atom is 0.411 e. The monoisotopic (exact) mass is 657 g/mol. The fourth-order valence-corrected chi connectivity index (χ4v) is 6.09. The molecular formula is C35H30ClF2N5O4. The highest BCUT2D eigenvalue weighted by atomic mass is 35.5. The maximum absolute atomic E-state index is 13.8. The number of halogens is 3. The third-order valence-electron chi connectivity index (χ3n) is 8.18. The van der Waals surface area contributed by atoms with Crippen molar-refractivity contribution >= 4 is 35.0 Å². The smallest absolute Gasteiger partial charge is 0.411 e. The number of aromatic nitrogens is 3. The summed E-state index contributed by atoms with van der Waals surface area (Å²) in [5, 5.41) is 23.6. The van der Waals surface area contributed by atoms with E-state index in [-0.39, 0.29) is 18.2 Å². The van der Waals surface area contributed by atoms with E-state index < -0.39 is 12.6 Å². The zero-order chi connectivity index (χ0) is 33.1. The molecule has 3 heterocycles. The number of fused-ring (bicyclic) bond motifs is 4. The summed E-state index contributed by atoms with van der Waals surface area (Å²) in [5.41, 5.74) is 6.28. The second-order valence-electron chi connectivity index (χ2n) is 11.2. The Morgan fingerprint density at radius 3 is 2.64 bits per heavy atom. The lowest BCUT2D eigenvalue weighted by molar-refractivity contribution is -0.614. The van der Waals surface area contributed by atoms with Crippen LogP contribution in [0.3, 0.4) is 0 Å². The molecule has 1 aliphatic heterocycles. The number of nitrogens with zero attached hydrogens (tertiary/aromatic N) is 3. The fraction of sp³-hybridized carbons (Fsp3) is 0.200. The molecule has 240 valence electrons. The van der Waals surface area contributed by atoms with Gasteiger partial charge in [0.05, 0.1) is 24.9 Å². The van der Waals surface area contributed by atoms with E-state index in [9.17, 15) is 23.6 Å². The summed E-state index contributed by atoms with van der Waals surface area (Å²) in [7, 11) is 1.27. The van der Waals surface area contributed by atoms with E-state index >= 15 is 0 Å². The Balaban J connectivity index is 1.39. The average Bonchev–Trinajstić information content (AvgIpc) is 3.56. The zero-order valence-corrected chi connectivity index (χ0v) is 26.0. The number of carbonyl (C=O) groups is 2. The fourth-order valence-electron chi connectivity index (χ4n) is 5.91. The van der Waals surface area contributed by atoms with Crippen molar-refractivity contribution in [2.45, 2.75) is 38.2 Å². The van der Waals surface area contributed by atoms with Crippen molar-refractivity contribution in [3.05, 3.63) is 113 Å². The Labute approximate surface area is 274 Å². The molecule has 3 aromatic carbocycles. The van der Waals surface area contributed by atoms with Gasteiger partial charge in [-0.1, -0.05) is 54.4 Å². The van der Waals surface area contributed by atoms with Crippen molar-refractivity contribution in [1.29, 1.82) is 0 Å². The highest BCUT2D eigenvalue weighted by Gasteiger charge is 2.25. The van der Waals surface area contributed by atoms with Gasteiger partial charge in [0.1, 0.15) is 0 Å². The second-order valence-corrected chi connectivity index (χ2v) is 11.6. The zero-order valence-electron chi connectivity index (χ0n) is 25.3. The Kier molecular flexibility index (Phi) is 9.17. The minimum atomic E-state index is -2.78. The molecule has 0 radical (unpaired) electrons. The average molecular weight is 658 g/mol. The van der Waals surface area contributed by atoms with Crippen LogP contribution in [0.2, 0.25) is 5.02 Å². The molecule has 0 unspecified atom stereocenters. The van der Waals surface area contributed by atoms with Crippen LogP contribution >= 0.6 is 11.6 Å². The number of rotatable bonds is 5. The van der Waals surface area contributed by atoms with Crippen LogP contribution < -0.4 is 15.4 Å². The number of benzene rings is 3. The first-order valence-corrected chi connectivity index (χ1v) is 15.3. The number of alkyl halides is 2. The summed E-state index contributed by atoms with van der Waals surface area (Å²) in [6, 6.07) is 21.7. The van der Waals surface area contributed by atoms with E-state index in [4.69, 9.17) is 16.3 Å². The number of anilines is 2. The van der Waals surface area contributed by atoms with E-state index in [1.165, 1.54) is 25.7 Å². The quantitative estimate of drug-likeness (QED) is 0.146. The van der Waals surface area contributed by atoms with E-state index in [1.54, 1.807) is 36.4 Å². The Bertz CT molecular complexity index is 1960. The second kappa shape index (κ2) is 13.6. The Morgan fingerprint density at radius 1 is 1.04 bits per heavy atom. The van der Waals surface area contributed by atoms with Gasteiger partial charge in [0.2, 0.25) is 5.91 Å². The summed E-state index contributed by atoms with van der Waals surface area (Å²) in [5.74, 6) is -0.440. The predicted octanol–water partition coefficient (Wildman–Crippen LogP) is 8.39. The highest BCUT2D eigenvalue weighted by Crippen LogP contribution is 2.38. The Hall–Kier alpha value is -5.29. The molecule has 6 rings (SSSR count). The van der Waals surface area contributed by atoms with Gasteiger partial charge in [0.25, 0.3) is 0 Å². The van der Waals surface area contributed by atoms with Crippen LogP contribution in [0.1, 0.15) is 49.4 Å². The summed E-state index contributed by atoms with van der Waals surface area (Å²) in [6.07, 6.45) is 5.66. The number of hydrogen-bond acceptors (Lipinski definition) is 5. The number of amides is 2. The van der Waals surface area contributed by atoms with Crippen molar-refractivity contribution < 1.29 is 27.8 Å². The van der Waals surface area contributed by atoms with Gasteiger partial charge in [-0.2, -0.15) is 18.6 Å². The van der Waals surface area contributed by atoms with Crippen LogP contribution in [0.4, 0.5) is 25.0 Å². The lowest BCUT2D eigenvalue weighted by Gasteiger charge is -2.21. The van der Waals surface area contributed by atoms with Crippen molar-refractivity contribution in [1.82, 2.24) is 9.78 Å². The summed E-state index contributed by atoms with van der Waals surface area (Å²) in [6.45, 7) is -2.78. The SMILES string of the molecule is COC(=O)Nc1ccc2c(c1)NC(=O)CCCC[C@H](c1ccc(-c3cc(Cl)ccc3-c3cnn(C(F)F)c3)c[n+]1[O-])c1cccc-2c1. The summed E-state index contributed by atoms with van der Waals surface area (Å²) in [4.78, 5) is 24.7. The van der Waals surface area contributed by atoms with Gasteiger partial charge in [0.15, 0.2) is 11.9 Å². The van der Waals surface area contributed by atoms with E-state index in [0.717, 1.165) is 21.4 Å². The molecule has 0 aliphatic carbocycles. The molecule has 1 atom stereocenters. The lowest BCUT2D eigenvalue weighted by Crippen LogP contribution is -2.33. The van der Waals surface area contributed by atoms with Crippen molar-refractivity contribution in [3.63, 3.8) is 0 Å². The number of carbonyl (C=O) groups excluding carboxylic acids is 2. The lowest BCUT2D eigenvalue weighted by atomic mass is 9.87. The third kappa shape index (κ3) is 6.95. The van der Waals surface area contributed by atoms with E-state index in [0.29, 0.717) is 68.3 Å². The van der Waals surface area contributed by atoms with Crippen molar-refractivity contribution in [3.8, 4) is 33.4 Å². The Morgan fingerprint density at radius 2 is 1.87 bits per heavy atom. The molecule has 2 N–H and O–H groups in total. The molecular weight excluding hydrogens is 628 g/mol. The number of pyridine rings is 1. The molecule has 0 saturated carbocycles. The first-order valence-electron chi connectivity index (χ1n) is 14.9. The minimum Gasteiger partial charge on any atom is -0.618 e. The molecule has 0 fully saturated rings. The first-order chi connectivity index (χ1) is 22.7. The van der Waals surface area contributed by atoms with Crippen LogP contribution in [-0.2, 0) is 9.53 Å². The van der Waals surface area contributed by atoms with Crippen LogP contribution in [-0.4, -0.2) is 28.9 Å². The van der Waals surface area contributed by atoms with Gasteiger partial charge >= 0.3 is 12.6 Å². The van der Waals surface area contributed by atoms with Gasteiger partial charge in [0, 0.05) is 46.1 Å². The standard InChI is InChI=1S/C35H30ClF2N5O4/c1-47-35(45)40-26-11-13-28-21-5-4-6-22(15-21)29(7-2-3-8-33(44)41-31(28)17-26)32-14-9-23(20-43(32)46)30-16-25(36)10-12-27(30)24-18-39-42(19-24)34(37)38/h4-6,9-20,29,34H,2-3,7-8H2,1H3,(H,40,45)(H,41,44)/t29-/m0/s1. The molecule has 2 aromatic heterocycles. The van der Waals surface area contributed by atoms with Crippen LogP contribution in [0.5, 0.6) is 0 Å². The largest absolute Gasteiger partial charge is 0.618 e. The van der Waals surface area contributed by atoms with Crippen molar-refractivity contribution in [2.24, 2.45) is 0 Å². The van der Waals surface area contributed by atoms with Gasteiger partial charge in [-0.05, 0) is 65.4 Å². The summed E-state index contributed by atoms with van der Waals surface area (Å²) < 4.78 is 32.6. The first kappa shape index (κ1) is 31.7. The highest BCUT2D eigenvalue weighted by molar-refractivity contribution is 6.31. The number of hydrogen-bond donors (Lipinski definition) is 2. The van der Waals surface area contributed by atoms with Gasteiger partial charge in [-0.15, -0.1) is 0 Å². The topological polar surface area (TPSA) is 112 Å². The molecule has 2 bridgehead atoms. The van der Waals surface area contributed by atoms with Gasteiger partial charge in [-0.25, -0.2) is 9.48 Å². The maximum atomic E-state index is 13.8. The molecule has 2 amide bonds. The van der Waals surface area contributed by atoms with Gasteiger partial charge < -0.3 is 15.3 Å². The molecule has 12 heteroatoms. The van der Waals surface area contributed by atoms with Gasteiger partial charge in [-0.3, -0.25) is 10.1 Å². The predicted molar refractivity (Wildman–Crippen MR) is 175 cm³/mol. The number of nitrogens with one attached hydrogen (secondary N) is 2. The third-order valence-corrected chi connectivity index (χ3v) is 8.41. The van der Waals surface area contributed by atoms with Crippen molar-refractivity contribution in [2.75, 3.05) is 17.7 Å². The molecule has 5 aromatic rings. The molecule has 0 saturated heterocycles. The number of methoxy groups -OCH3 is 1. The molecule has 9 nitrogen and oxygen atoms in total. The number of ether oxygens (including phenoxy) is 1. The summed E-state index contributed by atoms with van der Waals surface area (Å²) >= 11 is 6.33. The molecule has 1 aliphatic rings. The van der Waals surface area contributed by atoms with Crippen LogP contribution in [0.15, 0.2) is 91.4 Å². The van der Waals surface area contributed by atoms with E-state index in [1.807, 2.05) is 36.4 Å². The van der Waals surface area contributed by atoms with E-state index in [2.05, 4.69) is 15.7 Å². The normalized spacial score (nSPS) is 14.8. The molecule has 0 spiro atoms.